The van der Waals surface area contributed by atoms with E-state index in [9.17, 15) is 14.7 Å². The Morgan fingerprint density at radius 1 is 1.07 bits per heavy atom. The summed E-state index contributed by atoms with van der Waals surface area (Å²) in [5.41, 5.74) is -1.27. The van der Waals surface area contributed by atoms with Crippen molar-refractivity contribution in [2.75, 3.05) is 32.8 Å². The van der Waals surface area contributed by atoms with E-state index in [1.807, 2.05) is 0 Å². The molecule has 1 fully saturated rings. The van der Waals surface area contributed by atoms with Crippen LogP contribution in [0.3, 0.4) is 0 Å². The lowest BCUT2D eigenvalue weighted by atomic mass is 10.2. The molecule has 1 aliphatic heterocycles. The highest BCUT2D eigenvalue weighted by Gasteiger charge is 2.30. The summed E-state index contributed by atoms with van der Waals surface area (Å²) in [6, 6.07) is 0. The highest BCUT2D eigenvalue weighted by Crippen LogP contribution is 2.17. The van der Waals surface area contributed by atoms with Gasteiger partial charge in [-0.2, -0.15) is 0 Å². The Kier molecular flexibility index (Phi) is 9.42. The van der Waals surface area contributed by atoms with Crippen molar-refractivity contribution in [2.45, 2.75) is 77.8 Å². The highest BCUT2D eigenvalue weighted by molar-refractivity contribution is 5.69. The molecule has 168 valence electrons. The van der Waals surface area contributed by atoms with E-state index in [1.165, 1.54) is 9.80 Å². The fourth-order valence-corrected chi connectivity index (χ4v) is 2.52. The van der Waals surface area contributed by atoms with Crippen LogP contribution in [-0.2, 0) is 14.2 Å². The van der Waals surface area contributed by atoms with Crippen LogP contribution in [0.2, 0.25) is 0 Å². The molecule has 0 bridgehead atoms. The first kappa shape index (κ1) is 25.2. The van der Waals surface area contributed by atoms with Gasteiger partial charge in [0, 0.05) is 13.1 Å². The smallest absolute Gasteiger partial charge is 0.410 e. The molecule has 0 aliphatic carbocycles. The lowest BCUT2D eigenvalue weighted by Gasteiger charge is -2.32. The topological polar surface area (TPSA) is 91.8 Å². The summed E-state index contributed by atoms with van der Waals surface area (Å²) in [4.78, 5) is 27.9. The summed E-state index contributed by atoms with van der Waals surface area (Å²) in [7, 11) is 0. The van der Waals surface area contributed by atoms with E-state index in [1.54, 1.807) is 47.6 Å². The van der Waals surface area contributed by atoms with Gasteiger partial charge < -0.3 is 29.1 Å². The molecule has 0 aromatic rings. The van der Waals surface area contributed by atoms with Crippen LogP contribution in [0.4, 0.5) is 9.59 Å². The predicted octanol–water partition coefficient (Wildman–Crippen LogP) is 3.19. The number of hydrogen-bond acceptors (Lipinski definition) is 6. The van der Waals surface area contributed by atoms with Gasteiger partial charge in [-0.05, 0) is 54.4 Å². The normalized spacial score (nSPS) is 17.3. The first-order chi connectivity index (χ1) is 13.3. The molecule has 1 N–H and O–H groups in total. The van der Waals surface area contributed by atoms with Gasteiger partial charge in [0.15, 0.2) is 0 Å². The number of aliphatic hydroxyl groups is 1. The minimum atomic E-state index is -0.944. The number of carbonyl (C=O) groups excluding carboxylic acids is 2. The molecular weight excluding hydrogens is 376 g/mol. The molecule has 2 unspecified atom stereocenters. The third-order valence-electron chi connectivity index (χ3n) is 3.89. The van der Waals surface area contributed by atoms with Gasteiger partial charge in [0.25, 0.3) is 0 Å². The predicted molar refractivity (Wildman–Crippen MR) is 111 cm³/mol. The van der Waals surface area contributed by atoms with Crippen LogP contribution in [0.5, 0.6) is 0 Å². The Morgan fingerprint density at radius 3 is 1.90 bits per heavy atom. The molecule has 2 atom stereocenters. The highest BCUT2D eigenvalue weighted by atomic mass is 16.6. The van der Waals surface area contributed by atoms with E-state index in [2.05, 4.69) is 6.58 Å². The van der Waals surface area contributed by atoms with Gasteiger partial charge >= 0.3 is 12.2 Å². The summed E-state index contributed by atoms with van der Waals surface area (Å²) < 4.78 is 16.1. The maximum absolute atomic E-state index is 12.5. The lowest BCUT2D eigenvalue weighted by Crippen LogP contribution is -2.47. The van der Waals surface area contributed by atoms with Crippen LogP contribution in [0, 0.1) is 0 Å². The second kappa shape index (κ2) is 10.8. The lowest BCUT2D eigenvalue weighted by molar-refractivity contribution is 0.00108. The summed E-state index contributed by atoms with van der Waals surface area (Å²) in [6.45, 7) is 16.0. The monoisotopic (exact) mass is 414 g/mol. The van der Waals surface area contributed by atoms with Gasteiger partial charge in [0.05, 0.1) is 31.9 Å². The van der Waals surface area contributed by atoms with Crippen LogP contribution in [0.25, 0.3) is 0 Å². The van der Waals surface area contributed by atoms with Crippen molar-refractivity contribution in [1.82, 2.24) is 9.80 Å². The van der Waals surface area contributed by atoms with E-state index in [0.717, 1.165) is 0 Å². The summed E-state index contributed by atoms with van der Waals surface area (Å²) >= 11 is 0. The van der Waals surface area contributed by atoms with Gasteiger partial charge in [-0.15, -0.1) is 6.58 Å². The van der Waals surface area contributed by atoms with Crippen LogP contribution in [0.15, 0.2) is 12.7 Å². The molecule has 0 radical (unpaired) electrons. The van der Waals surface area contributed by atoms with Gasteiger partial charge in [-0.25, -0.2) is 9.59 Å². The average molecular weight is 415 g/mol. The second-order valence-electron chi connectivity index (χ2n) is 9.33. The van der Waals surface area contributed by atoms with Crippen molar-refractivity contribution in [1.29, 1.82) is 0 Å². The molecule has 1 aliphatic rings. The average Bonchev–Trinajstić information content (AvgIpc) is 3.36. The number of ether oxygens (including phenoxy) is 3. The molecule has 0 saturated carbocycles. The number of hydrogen-bond donors (Lipinski definition) is 1. The standard InChI is InChI=1S/C21H38N2O6/c1-8-9-11-22(18(25)28-20(2,3)4)13-16(24)14-23(12-10-17-15-27-17)19(26)29-21(5,6)7/h8,16-17,24H,1,9-15H2,2-7H3. The molecule has 8 heteroatoms. The zero-order valence-electron chi connectivity index (χ0n) is 18.8. The third-order valence-corrected chi connectivity index (χ3v) is 3.89. The fourth-order valence-electron chi connectivity index (χ4n) is 2.52. The van der Waals surface area contributed by atoms with Crippen LogP contribution < -0.4 is 0 Å². The molecular formula is C21H38N2O6. The van der Waals surface area contributed by atoms with E-state index >= 15 is 0 Å². The Balaban J connectivity index is 2.73. The summed E-state index contributed by atoms with van der Waals surface area (Å²) in [6.07, 6.45) is 1.16. The van der Waals surface area contributed by atoms with E-state index in [-0.39, 0.29) is 19.2 Å². The van der Waals surface area contributed by atoms with Crippen LogP contribution in [0.1, 0.15) is 54.4 Å². The Bertz CT molecular complexity index is 548. The zero-order valence-corrected chi connectivity index (χ0v) is 18.8. The second-order valence-corrected chi connectivity index (χ2v) is 9.33. The van der Waals surface area contributed by atoms with Gasteiger partial charge in [0.1, 0.15) is 11.2 Å². The van der Waals surface area contributed by atoms with Crippen molar-refractivity contribution in [2.24, 2.45) is 0 Å². The van der Waals surface area contributed by atoms with Crippen molar-refractivity contribution in [3.8, 4) is 0 Å². The van der Waals surface area contributed by atoms with E-state index < -0.39 is 29.5 Å². The number of rotatable bonds is 10. The Morgan fingerprint density at radius 2 is 1.52 bits per heavy atom. The van der Waals surface area contributed by atoms with Crippen LogP contribution in [-0.4, -0.2) is 83.3 Å². The molecule has 0 aromatic heterocycles. The minimum Gasteiger partial charge on any atom is -0.444 e. The first-order valence-electron chi connectivity index (χ1n) is 10.2. The molecule has 8 nitrogen and oxygen atoms in total. The van der Waals surface area contributed by atoms with Gasteiger partial charge in [0.2, 0.25) is 0 Å². The van der Waals surface area contributed by atoms with Crippen molar-refractivity contribution in [3.63, 3.8) is 0 Å². The summed E-state index contributed by atoms with van der Waals surface area (Å²) in [5, 5.41) is 10.6. The molecule has 1 rings (SSSR count). The molecule has 2 amide bonds. The summed E-state index contributed by atoms with van der Waals surface area (Å²) in [5.74, 6) is 0. The zero-order chi connectivity index (χ0) is 22.2. The molecule has 29 heavy (non-hydrogen) atoms. The van der Waals surface area contributed by atoms with Gasteiger partial charge in [-0.1, -0.05) is 6.08 Å². The molecule has 1 saturated heterocycles. The number of nitrogens with zero attached hydrogens (tertiary/aromatic N) is 2. The third kappa shape index (κ3) is 11.7. The number of aliphatic hydroxyl groups excluding tert-OH is 1. The number of carbonyl (C=O) groups is 2. The fraction of sp³-hybridized carbons (Fsp3) is 0.810. The Labute approximate surface area is 174 Å². The number of amides is 2. The molecule has 1 heterocycles. The largest absolute Gasteiger partial charge is 0.444 e. The maximum atomic E-state index is 12.5. The number of epoxide rings is 1. The maximum Gasteiger partial charge on any atom is 0.410 e. The van der Waals surface area contributed by atoms with Crippen molar-refractivity contribution in [3.05, 3.63) is 12.7 Å². The minimum absolute atomic E-state index is 0.0436. The quantitative estimate of drug-likeness (QED) is 0.436. The first-order valence-corrected chi connectivity index (χ1v) is 10.2. The van der Waals surface area contributed by atoms with Crippen molar-refractivity contribution >= 4 is 12.2 Å². The Hall–Kier alpha value is -1.80. The van der Waals surface area contributed by atoms with Crippen LogP contribution >= 0.6 is 0 Å². The molecule has 0 aromatic carbocycles. The van der Waals surface area contributed by atoms with Gasteiger partial charge in [-0.3, -0.25) is 0 Å². The molecule has 0 spiro atoms. The van der Waals surface area contributed by atoms with Crippen molar-refractivity contribution < 1.29 is 28.9 Å². The SMILES string of the molecule is C=CCCN(CC(O)CN(CCC1CO1)C(=O)OC(C)(C)C)C(=O)OC(C)(C)C. The van der Waals surface area contributed by atoms with E-state index in [0.29, 0.717) is 32.5 Å². The van der Waals surface area contributed by atoms with E-state index in [4.69, 9.17) is 14.2 Å².